The van der Waals surface area contributed by atoms with E-state index < -0.39 is 5.60 Å². The molecule has 15 heavy (non-hydrogen) atoms. The van der Waals surface area contributed by atoms with Gasteiger partial charge in [-0.05, 0) is 58.5 Å². The fraction of sp³-hybridized carbons (Fsp3) is 1.00. The number of piperidine rings is 1. The van der Waals surface area contributed by atoms with Crippen molar-refractivity contribution in [2.24, 2.45) is 11.7 Å². The van der Waals surface area contributed by atoms with E-state index >= 15 is 0 Å². The molecular formula is C12H26N2O. The first kappa shape index (κ1) is 12.9. The van der Waals surface area contributed by atoms with Crippen LogP contribution in [-0.4, -0.2) is 41.8 Å². The van der Waals surface area contributed by atoms with E-state index in [1.54, 1.807) is 0 Å². The first-order valence-corrected chi connectivity index (χ1v) is 6.16. The molecule has 1 saturated heterocycles. The SMILES string of the molecule is CC(C)(O)CCN1CCCC(CCN)C1. The summed E-state index contributed by atoms with van der Waals surface area (Å²) in [4.78, 5) is 2.47. The number of nitrogens with two attached hydrogens (primary N) is 1. The number of nitrogens with zero attached hydrogens (tertiary/aromatic N) is 1. The van der Waals surface area contributed by atoms with E-state index in [1.165, 1.54) is 25.9 Å². The number of hydrogen-bond acceptors (Lipinski definition) is 3. The highest BCUT2D eigenvalue weighted by Crippen LogP contribution is 2.20. The minimum atomic E-state index is -0.527. The van der Waals surface area contributed by atoms with E-state index in [-0.39, 0.29) is 0 Å². The van der Waals surface area contributed by atoms with Gasteiger partial charge in [0.25, 0.3) is 0 Å². The summed E-state index contributed by atoms with van der Waals surface area (Å²) in [6, 6.07) is 0. The molecule has 1 rings (SSSR count). The lowest BCUT2D eigenvalue weighted by Gasteiger charge is -2.34. The third kappa shape index (κ3) is 5.50. The van der Waals surface area contributed by atoms with Crippen molar-refractivity contribution in [3.05, 3.63) is 0 Å². The molecule has 0 spiro atoms. The molecule has 1 atom stereocenters. The van der Waals surface area contributed by atoms with E-state index in [0.717, 1.165) is 31.8 Å². The van der Waals surface area contributed by atoms with Crippen LogP contribution in [0.15, 0.2) is 0 Å². The molecule has 0 saturated carbocycles. The summed E-state index contributed by atoms with van der Waals surface area (Å²) in [7, 11) is 0. The zero-order valence-corrected chi connectivity index (χ0v) is 10.2. The van der Waals surface area contributed by atoms with E-state index in [9.17, 15) is 5.11 Å². The lowest BCUT2D eigenvalue weighted by atomic mass is 9.94. The molecule has 1 aliphatic rings. The number of likely N-dealkylation sites (tertiary alicyclic amines) is 1. The van der Waals surface area contributed by atoms with Crippen LogP contribution < -0.4 is 5.73 Å². The van der Waals surface area contributed by atoms with Crippen LogP contribution in [0.5, 0.6) is 0 Å². The number of rotatable bonds is 5. The van der Waals surface area contributed by atoms with Gasteiger partial charge in [-0.1, -0.05) is 0 Å². The molecule has 0 amide bonds. The summed E-state index contributed by atoms with van der Waals surface area (Å²) in [5.41, 5.74) is 5.06. The predicted molar refractivity (Wildman–Crippen MR) is 63.8 cm³/mol. The monoisotopic (exact) mass is 214 g/mol. The van der Waals surface area contributed by atoms with Gasteiger partial charge >= 0.3 is 0 Å². The second-order valence-corrected chi connectivity index (χ2v) is 5.45. The molecule has 0 aromatic carbocycles. The Morgan fingerprint density at radius 2 is 2.20 bits per heavy atom. The lowest BCUT2D eigenvalue weighted by Crippen LogP contribution is -2.39. The minimum absolute atomic E-state index is 0.527. The predicted octanol–water partition coefficient (Wildman–Crippen LogP) is 1.21. The van der Waals surface area contributed by atoms with Crippen molar-refractivity contribution < 1.29 is 5.11 Å². The Morgan fingerprint density at radius 3 is 2.80 bits per heavy atom. The maximum Gasteiger partial charge on any atom is 0.0603 e. The molecule has 3 heteroatoms. The average molecular weight is 214 g/mol. The second-order valence-electron chi connectivity index (χ2n) is 5.45. The van der Waals surface area contributed by atoms with Crippen LogP contribution in [0, 0.1) is 5.92 Å². The van der Waals surface area contributed by atoms with Crippen molar-refractivity contribution in [3.8, 4) is 0 Å². The van der Waals surface area contributed by atoms with Crippen molar-refractivity contribution >= 4 is 0 Å². The summed E-state index contributed by atoms with van der Waals surface area (Å²) >= 11 is 0. The average Bonchev–Trinajstić information content (AvgIpc) is 2.15. The van der Waals surface area contributed by atoms with Crippen molar-refractivity contribution in [2.75, 3.05) is 26.2 Å². The van der Waals surface area contributed by atoms with Crippen LogP contribution in [0.25, 0.3) is 0 Å². The van der Waals surface area contributed by atoms with Gasteiger partial charge in [-0.25, -0.2) is 0 Å². The summed E-state index contributed by atoms with van der Waals surface area (Å²) < 4.78 is 0. The quantitative estimate of drug-likeness (QED) is 0.723. The smallest absolute Gasteiger partial charge is 0.0603 e. The van der Waals surface area contributed by atoms with Crippen LogP contribution in [0.2, 0.25) is 0 Å². The van der Waals surface area contributed by atoms with Crippen molar-refractivity contribution in [3.63, 3.8) is 0 Å². The standard InChI is InChI=1S/C12H26N2O/c1-12(2,15)6-9-14-8-3-4-11(10-14)5-7-13/h11,15H,3-10,13H2,1-2H3. The molecule has 90 valence electrons. The fourth-order valence-corrected chi connectivity index (χ4v) is 2.26. The van der Waals surface area contributed by atoms with Gasteiger partial charge in [-0.15, -0.1) is 0 Å². The summed E-state index contributed by atoms with van der Waals surface area (Å²) in [5, 5.41) is 9.67. The maximum atomic E-state index is 9.67. The Bertz CT molecular complexity index is 175. The molecule has 1 aliphatic heterocycles. The molecule has 0 aliphatic carbocycles. The zero-order valence-electron chi connectivity index (χ0n) is 10.2. The molecular weight excluding hydrogens is 188 g/mol. The molecule has 0 aromatic heterocycles. The molecule has 3 N–H and O–H groups in total. The molecule has 1 unspecified atom stereocenters. The summed E-state index contributed by atoms with van der Waals surface area (Å²) in [6.45, 7) is 7.96. The van der Waals surface area contributed by atoms with Gasteiger partial charge in [0.05, 0.1) is 5.60 Å². The zero-order chi connectivity index (χ0) is 11.3. The van der Waals surface area contributed by atoms with Crippen molar-refractivity contribution in [1.82, 2.24) is 4.90 Å². The highest BCUT2D eigenvalue weighted by atomic mass is 16.3. The van der Waals surface area contributed by atoms with Gasteiger partial charge in [0.15, 0.2) is 0 Å². The van der Waals surface area contributed by atoms with Gasteiger partial charge < -0.3 is 15.7 Å². The molecule has 3 nitrogen and oxygen atoms in total. The van der Waals surface area contributed by atoms with Gasteiger partial charge in [-0.2, -0.15) is 0 Å². The van der Waals surface area contributed by atoms with E-state index in [2.05, 4.69) is 4.90 Å². The Kier molecular flexibility index (Phi) is 5.03. The van der Waals surface area contributed by atoms with Crippen LogP contribution in [0.3, 0.4) is 0 Å². The Hall–Kier alpha value is -0.120. The molecule has 0 bridgehead atoms. The van der Waals surface area contributed by atoms with Gasteiger partial charge in [0, 0.05) is 13.1 Å². The fourth-order valence-electron chi connectivity index (χ4n) is 2.26. The number of aliphatic hydroxyl groups is 1. The molecule has 1 fully saturated rings. The Labute approximate surface area is 93.6 Å². The number of hydrogen-bond donors (Lipinski definition) is 2. The highest BCUT2D eigenvalue weighted by Gasteiger charge is 2.21. The molecule has 0 radical (unpaired) electrons. The van der Waals surface area contributed by atoms with Crippen molar-refractivity contribution in [1.29, 1.82) is 0 Å². The van der Waals surface area contributed by atoms with Crippen LogP contribution >= 0.6 is 0 Å². The second kappa shape index (κ2) is 5.83. The van der Waals surface area contributed by atoms with Crippen LogP contribution in [0.4, 0.5) is 0 Å². The van der Waals surface area contributed by atoms with Crippen LogP contribution in [0.1, 0.15) is 39.5 Å². The van der Waals surface area contributed by atoms with Gasteiger partial charge in [0.1, 0.15) is 0 Å². The minimum Gasteiger partial charge on any atom is -0.390 e. The van der Waals surface area contributed by atoms with E-state index in [4.69, 9.17) is 5.73 Å². The Balaban J connectivity index is 2.24. The van der Waals surface area contributed by atoms with Gasteiger partial charge in [0.2, 0.25) is 0 Å². The Morgan fingerprint density at radius 1 is 1.47 bits per heavy atom. The first-order chi connectivity index (χ1) is 7.01. The lowest BCUT2D eigenvalue weighted by molar-refractivity contribution is 0.0501. The largest absolute Gasteiger partial charge is 0.390 e. The molecule has 1 heterocycles. The third-order valence-corrected chi connectivity index (χ3v) is 3.22. The van der Waals surface area contributed by atoms with Gasteiger partial charge in [-0.3, -0.25) is 0 Å². The van der Waals surface area contributed by atoms with E-state index in [1.807, 2.05) is 13.8 Å². The topological polar surface area (TPSA) is 49.5 Å². The summed E-state index contributed by atoms with van der Waals surface area (Å²) in [6.07, 6.45) is 4.63. The summed E-state index contributed by atoms with van der Waals surface area (Å²) in [5.74, 6) is 0.783. The van der Waals surface area contributed by atoms with Crippen molar-refractivity contribution in [2.45, 2.75) is 45.1 Å². The van der Waals surface area contributed by atoms with E-state index in [0.29, 0.717) is 0 Å². The maximum absolute atomic E-state index is 9.67. The first-order valence-electron chi connectivity index (χ1n) is 6.16. The van der Waals surface area contributed by atoms with Crippen LogP contribution in [-0.2, 0) is 0 Å². The highest BCUT2D eigenvalue weighted by molar-refractivity contribution is 4.75. The third-order valence-electron chi connectivity index (χ3n) is 3.22. The normalized spacial score (nSPS) is 24.4. The molecule has 0 aromatic rings.